The second kappa shape index (κ2) is 3.87. The number of hydrogen-bond acceptors (Lipinski definition) is 1. The molecule has 1 heterocycles. The van der Waals surface area contributed by atoms with E-state index in [0.29, 0.717) is 5.52 Å². The molecule has 1 aromatic carbocycles. The van der Waals surface area contributed by atoms with Gasteiger partial charge in [-0.2, -0.15) is 13.2 Å². The Morgan fingerprint density at radius 1 is 1.29 bits per heavy atom. The Kier molecular flexibility index (Phi) is 2.65. The molecule has 1 aromatic heterocycles. The molecule has 2 rings (SSSR count). The fraction of sp³-hybridized carbons (Fsp3) is 0.182. The normalized spacial score (nSPS) is 12.0. The lowest BCUT2D eigenvalue weighted by atomic mass is 10.1. The number of fused-ring (bicyclic) bond motifs is 1. The number of alkyl halides is 3. The van der Waals surface area contributed by atoms with Crippen LogP contribution in [0.2, 0.25) is 0 Å². The van der Waals surface area contributed by atoms with E-state index in [9.17, 15) is 22.4 Å². The summed E-state index contributed by atoms with van der Waals surface area (Å²) < 4.78 is 49.7. The van der Waals surface area contributed by atoms with Crippen LogP contribution in [0, 0.1) is 5.82 Å². The first kappa shape index (κ1) is 11.6. The van der Waals surface area contributed by atoms with Gasteiger partial charge in [0.05, 0.1) is 0 Å². The van der Waals surface area contributed by atoms with Crippen molar-refractivity contribution >= 4 is 16.7 Å². The standard InChI is InChI=1S/C11H7F4NO/c12-7-2-1-3-8-10(7)6(5-16-8)4-9(17)11(13,14)15/h1-3,5,16H,4H2. The summed E-state index contributed by atoms with van der Waals surface area (Å²) in [6.45, 7) is 0. The van der Waals surface area contributed by atoms with Crippen LogP contribution in [0.25, 0.3) is 10.9 Å². The summed E-state index contributed by atoms with van der Waals surface area (Å²) in [5.74, 6) is -2.53. The lowest BCUT2D eigenvalue weighted by Crippen LogP contribution is -2.24. The van der Waals surface area contributed by atoms with Crippen LogP contribution in [0.1, 0.15) is 5.56 Å². The van der Waals surface area contributed by atoms with Gasteiger partial charge in [-0.05, 0) is 17.7 Å². The van der Waals surface area contributed by atoms with Crippen LogP contribution in [-0.2, 0) is 11.2 Å². The summed E-state index contributed by atoms with van der Waals surface area (Å²) in [5.41, 5.74) is 0.385. The van der Waals surface area contributed by atoms with Crippen molar-refractivity contribution in [2.24, 2.45) is 0 Å². The summed E-state index contributed by atoms with van der Waals surface area (Å²) in [5, 5.41) is 0.0325. The van der Waals surface area contributed by atoms with E-state index in [-0.39, 0.29) is 10.9 Å². The van der Waals surface area contributed by atoms with Crippen molar-refractivity contribution in [1.29, 1.82) is 0 Å². The molecule has 0 saturated heterocycles. The highest BCUT2D eigenvalue weighted by atomic mass is 19.4. The van der Waals surface area contributed by atoms with Crippen LogP contribution in [0.5, 0.6) is 0 Å². The van der Waals surface area contributed by atoms with E-state index in [1.807, 2.05) is 0 Å². The number of carbonyl (C=O) groups is 1. The minimum atomic E-state index is -4.89. The van der Waals surface area contributed by atoms with E-state index in [1.54, 1.807) is 0 Å². The van der Waals surface area contributed by atoms with Gasteiger partial charge in [-0.15, -0.1) is 0 Å². The Bertz CT molecular complexity index is 570. The van der Waals surface area contributed by atoms with Gasteiger partial charge in [0, 0.05) is 23.5 Å². The molecule has 0 fully saturated rings. The van der Waals surface area contributed by atoms with Gasteiger partial charge in [-0.1, -0.05) is 6.07 Å². The quantitative estimate of drug-likeness (QED) is 0.810. The van der Waals surface area contributed by atoms with Crippen LogP contribution in [0.3, 0.4) is 0 Å². The number of aromatic amines is 1. The maximum atomic E-state index is 13.4. The number of aromatic nitrogens is 1. The zero-order valence-corrected chi connectivity index (χ0v) is 8.44. The number of nitrogens with one attached hydrogen (secondary N) is 1. The molecule has 0 atom stereocenters. The van der Waals surface area contributed by atoms with E-state index in [0.717, 1.165) is 6.07 Å². The van der Waals surface area contributed by atoms with Gasteiger partial charge < -0.3 is 4.98 Å². The van der Waals surface area contributed by atoms with Crippen molar-refractivity contribution in [1.82, 2.24) is 4.98 Å². The van der Waals surface area contributed by atoms with Crippen LogP contribution < -0.4 is 0 Å². The zero-order valence-electron chi connectivity index (χ0n) is 8.44. The number of halogens is 4. The van der Waals surface area contributed by atoms with Gasteiger partial charge in [-0.25, -0.2) is 4.39 Å². The Hall–Kier alpha value is -1.85. The van der Waals surface area contributed by atoms with E-state index < -0.39 is 24.2 Å². The summed E-state index contributed by atoms with van der Waals surface area (Å²) in [4.78, 5) is 13.5. The number of hydrogen-bond donors (Lipinski definition) is 1. The highest BCUT2D eigenvalue weighted by Crippen LogP contribution is 2.25. The van der Waals surface area contributed by atoms with Gasteiger partial charge in [0.25, 0.3) is 0 Å². The molecule has 2 aromatic rings. The third kappa shape index (κ3) is 2.15. The van der Waals surface area contributed by atoms with Crippen LogP contribution in [0.4, 0.5) is 17.6 Å². The molecule has 17 heavy (non-hydrogen) atoms. The van der Waals surface area contributed by atoms with E-state index >= 15 is 0 Å². The summed E-state index contributed by atoms with van der Waals surface area (Å²) >= 11 is 0. The second-order valence-electron chi connectivity index (χ2n) is 3.57. The van der Waals surface area contributed by atoms with Crippen LogP contribution in [-0.4, -0.2) is 16.9 Å². The van der Waals surface area contributed by atoms with Crippen molar-refractivity contribution in [3.05, 3.63) is 35.8 Å². The third-order valence-corrected chi connectivity index (χ3v) is 2.40. The van der Waals surface area contributed by atoms with E-state index in [2.05, 4.69) is 4.98 Å². The van der Waals surface area contributed by atoms with Gasteiger partial charge >= 0.3 is 6.18 Å². The van der Waals surface area contributed by atoms with Gasteiger partial charge in [0.2, 0.25) is 5.78 Å². The van der Waals surface area contributed by atoms with Gasteiger partial charge in [-0.3, -0.25) is 4.79 Å². The van der Waals surface area contributed by atoms with Crippen molar-refractivity contribution in [3.63, 3.8) is 0 Å². The Labute approximate surface area is 93.2 Å². The zero-order chi connectivity index (χ0) is 12.6. The number of carbonyl (C=O) groups excluding carboxylic acids is 1. The number of ketones is 1. The largest absolute Gasteiger partial charge is 0.450 e. The highest BCUT2D eigenvalue weighted by Gasteiger charge is 2.38. The maximum Gasteiger partial charge on any atom is 0.450 e. The maximum absolute atomic E-state index is 13.4. The first-order valence-corrected chi connectivity index (χ1v) is 4.74. The van der Waals surface area contributed by atoms with Crippen molar-refractivity contribution in [2.45, 2.75) is 12.6 Å². The highest BCUT2D eigenvalue weighted by molar-refractivity contribution is 5.92. The van der Waals surface area contributed by atoms with Crippen LogP contribution in [0.15, 0.2) is 24.4 Å². The summed E-state index contributed by atoms with van der Waals surface area (Å²) in [6, 6.07) is 4.10. The average Bonchev–Trinajstić information content (AvgIpc) is 2.61. The third-order valence-electron chi connectivity index (χ3n) is 2.40. The SMILES string of the molecule is O=C(Cc1c[nH]c2cccc(F)c12)C(F)(F)F. The van der Waals surface area contributed by atoms with Gasteiger partial charge in [0.1, 0.15) is 5.82 Å². The van der Waals surface area contributed by atoms with Crippen LogP contribution >= 0.6 is 0 Å². The fourth-order valence-corrected chi connectivity index (χ4v) is 1.62. The first-order valence-electron chi connectivity index (χ1n) is 4.74. The number of rotatable bonds is 2. The molecule has 0 saturated carbocycles. The predicted octanol–water partition coefficient (Wildman–Crippen LogP) is 2.98. The number of benzene rings is 1. The molecular formula is C11H7F4NO. The molecule has 0 bridgehead atoms. The molecule has 90 valence electrons. The van der Waals surface area contributed by atoms with Gasteiger partial charge in [0.15, 0.2) is 0 Å². The number of H-pyrrole nitrogens is 1. The van der Waals surface area contributed by atoms with Crippen molar-refractivity contribution in [2.75, 3.05) is 0 Å². The predicted molar refractivity (Wildman–Crippen MR) is 53.0 cm³/mol. The summed E-state index contributed by atoms with van der Waals surface area (Å²) in [6.07, 6.45) is -4.53. The fourth-order valence-electron chi connectivity index (χ4n) is 1.62. The van der Waals surface area contributed by atoms with Crippen molar-refractivity contribution in [3.8, 4) is 0 Å². The monoisotopic (exact) mass is 245 g/mol. The molecule has 0 spiro atoms. The topological polar surface area (TPSA) is 32.9 Å². The Morgan fingerprint density at radius 3 is 2.65 bits per heavy atom. The molecule has 2 nitrogen and oxygen atoms in total. The molecule has 0 unspecified atom stereocenters. The lowest BCUT2D eigenvalue weighted by molar-refractivity contribution is -0.170. The second-order valence-corrected chi connectivity index (χ2v) is 3.57. The molecule has 0 aliphatic heterocycles. The van der Waals surface area contributed by atoms with E-state index in [1.165, 1.54) is 18.3 Å². The summed E-state index contributed by atoms with van der Waals surface area (Å²) in [7, 11) is 0. The first-order chi connectivity index (χ1) is 7.89. The Balaban J connectivity index is 2.41. The Morgan fingerprint density at radius 2 is 2.00 bits per heavy atom. The minimum Gasteiger partial charge on any atom is -0.361 e. The smallest absolute Gasteiger partial charge is 0.361 e. The molecular weight excluding hydrogens is 238 g/mol. The molecule has 0 radical (unpaired) electrons. The molecule has 0 aliphatic rings. The number of Topliss-reactive ketones (excluding diaryl/α,β-unsaturated/α-hetero) is 1. The lowest BCUT2D eigenvalue weighted by Gasteiger charge is -2.04. The van der Waals surface area contributed by atoms with Crippen molar-refractivity contribution < 1.29 is 22.4 Å². The minimum absolute atomic E-state index is 0.0143. The van der Waals surface area contributed by atoms with E-state index in [4.69, 9.17) is 0 Å². The molecule has 6 heteroatoms. The average molecular weight is 245 g/mol. The molecule has 0 aliphatic carbocycles. The molecule has 1 N–H and O–H groups in total. The molecule has 0 amide bonds.